The number of halogens is 1. The van der Waals surface area contributed by atoms with Crippen LogP contribution < -0.4 is 4.74 Å². The molecule has 0 aliphatic carbocycles. The number of aliphatic hydroxyl groups is 1. The van der Waals surface area contributed by atoms with E-state index in [2.05, 4.69) is 11.6 Å². The molecule has 0 fully saturated rings. The number of ether oxygens (including phenoxy) is 1. The molecular formula is C14H18FNO2S. The predicted molar refractivity (Wildman–Crippen MR) is 78.7 cm³/mol. The summed E-state index contributed by atoms with van der Waals surface area (Å²) in [6.45, 7) is 5.76. The first-order chi connectivity index (χ1) is 9.24. The molecule has 1 rings (SSSR count). The van der Waals surface area contributed by atoms with Crippen LogP contribution in [0.3, 0.4) is 0 Å². The summed E-state index contributed by atoms with van der Waals surface area (Å²) in [6.07, 6.45) is 5.47. The van der Waals surface area contributed by atoms with E-state index in [0.717, 1.165) is 11.3 Å². The molecule has 0 amide bonds. The lowest BCUT2D eigenvalue weighted by Crippen LogP contribution is -2.18. The lowest BCUT2D eigenvalue weighted by molar-refractivity contribution is 0.173. The molecule has 1 heterocycles. The molecule has 1 aromatic heterocycles. The Bertz CT molecular complexity index is 437. The van der Waals surface area contributed by atoms with Gasteiger partial charge in [0.1, 0.15) is 0 Å². The van der Waals surface area contributed by atoms with Crippen molar-refractivity contribution in [2.45, 2.75) is 6.92 Å². The second-order valence-corrected chi connectivity index (χ2v) is 4.52. The Kier molecular flexibility index (Phi) is 7.22. The van der Waals surface area contributed by atoms with E-state index < -0.39 is 0 Å². The third kappa shape index (κ3) is 5.04. The first kappa shape index (κ1) is 15.7. The minimum atomic E-state index is -0.235. The quantitative estimate of drug-likeness (QED) is 0.794. The van der Waals surface area contributed by atoms with Crippen molar-refractivity contribution in [3.8, 4) is 5.88 Å². The zero-order valence-electron chi connectivity index (χ0n) is 10.9. The summed E-state index contributed by atoms with van der Waals surface area (Å²) in [5.41, 5.74) is 1.69. The van der Waals surface area contributed by atoms with Gasteiger partial charge in [-0.3, -0.25) is 0 Å². The highest BCUT2D eigenvalue weighted by Gasteiger charge is 2.10. The van der Waals surface area contributed by atoms with E-state index >= 15 is 0 Å². The SMILES string of the molecule is C=Cc1ccc(OCC(CO)CSF)nc1/C=C\C. The molecule has 1 unspecified atom stereocenters. The molecule has 104 valence electrons. The topological polar surface area (TPSA) is 42.4 Å². The van der Waals surface area contributed by atoms with E-state index in [1.807, 2.05) is 25.1 Å². The van der Waals surface area contributed by atoms with Gasteiger partial charge in [0, 0.05) is 29.9 Å². The van der Waals surface area contributed by atoms with Gasteiger partial charge in [-0.05, 0) is 24.6 Å². The minimum Gasteiger partial charge on any atom is -0.477 e. The molecule has 0 spiro atoms. The van der Waals surface area contributed by atoms with E-state index in [4.69, 9.17) is 9.84 Å². The zero-order valence-corrected chi connectivity index (χ0v) is 11.7. The fourth-order valence-corrected chi connectivity index (χ4v) is 1.84. The van der Waals surface area contributed by atoms with Crippen LogP contribution in [0.2, 0.25) is 0 Å². The lowest BCUT2D eigenvalue weighted by atomic mass is 10.2. The third-order valence-electron chi connectivity index (χ3n) is 2.50. The Balaban J connectivity index is 2.73. The van der Waals surface area contributed by atoms with Crippen molar-refractivity contribution in [3.05, 3.63) is 36.0 Å². The number of aromatic nitrogens is 1. The minimum absolute atomic E-state index is 0.108. The van der Waals surface area contributed by atoms with Gasteiger partial charge in [-0.1, -0.05) is 18.7 Å². The number of aliphatic hydroxyl groups excluding tert-OH is 1. The molecule has 0 aliphatic heterocycles. The normalized spacial score (nSPS) is 12.6. The van der Waals surface area contributed by atoms with Crippen molar-refractivity contribution in [1.29, 1.82) is 0 Å². The van der Waals surface area contributed by atoms with Crippen LogP contribution in [0.4, 0.5) is 3.89 Å². The van der Waals surface area contributed by atoms with Crippen molar-refractivity contribution < 1.29 is 13.7 Å². The number of rotatable bonds is 8. The van der Waals surface area contributed by atoms with Gasteiger partial charge in [0.15, 0.2) is 0 Å². The summed E-state index contributed by atoms with van der Waals surface area (Å²) in [6, 6.07) is 3.60. The second-order valence-electron chi connectivity index (χ2n) is 3.96. The molecule has 0 aromatic carbocycles. The molecule has 0 saturated carbocycles. The number of hydrogen-bond acceptors (Lipinski definition) is 4. The maximum absolute atomic E-state index is 12.1. The first-order valence-electron chi connectivity index (χ1n) is 5.98. The van der Waals surface area contributed by atoms with E-state index in [-0.39, 0.29) is 37.0 Å². The summed E-state index contributed by atoms with van der Waals surface area (Å²) in [4.78, 5) is 4.34. The van der Waals surface area contributed by atoms with Crippen LogP contribution in [0.15, 0.2) is 24.8 Å². The van der Waals surface area contributed by atoms with E-state index in [1.54, 1.807) is 12.1 Å². The van der Waals surface area contributed by atoms with Gasteiger partial charge >= 0.3 is 0 Å². The van der Waals surface area contributed by atoms with Gasteiger partial charge in [-0.15, -0.1) is 0 Å². The first-order valence-corrected chi connectivity index (χ1v) is 6.87. The number of pyridine rings is 1. The second kappa shape index (κ2) is 8.72. The third-order valence-corrected chi connectivity index (χ3v) is 3.10. The number of hydrogen-bond donors (Lipinski definition) is 1. The van der Waals surface area contributed by atoms with Crippen molar-refractivity contribution in [3.63, 3.8) is 0 Å². The highest BCUT2D eigenvalue weighted by molar-refractivity contribution is 7.94. The lowest BCUT2D eigenvalue weighted by Gasteiger charge is -2.13. The summed E-state index contributed by atoms with van der Waals surface area (Å²) in [7, 11) is 0. The molecule has 3 nitrogen and oxygen atoms in total. The largest absolute Gasteiger partial charge is 0.477 e. The van der Waals surface area contributed by atoms with Gasteiger partial charge in [0.05, 0.1) is 18.9 Å². The van der Waals surface area contributed by atoms with Crippen LogP contribution in [-0.4, -0.2) is 29.1 Å². The smallest absolute Gasteiger partial charge is 0.213 e. The Morgan fingerprint density at radius 1 is 1.58 bits per heavy atom. The van der Waals surface area contributed by atoms with E-state index in [9.17, 15) is 3.89 Å². The molecule has 0 aliphatic rings. The zero-order chi connectivity index (χ0) is 14.1. The maximum atomic E-state index is 12.1. The summed E-state index contributed by atoms with van der Waals surface area (Å²) in [5.74, 6) is 0.435. The average Bonchev–Trinajstić information content (AvgIpc) is 2.44. The van der Waals surface area contributed by atoms with Crippen molar-refractivity contribution in [2.24, 2.45) is 5.92 Å². The highest BCUT2D eigenvalue weighted by Crippen LogP contribution is 2.17. The standard InChI is InChI=1S/C14H18FNO2S/c1-3-5-13-12(4-2)6-7-14(16-13)18-9-11(8-17)10-19-15/h3-7,11,17H,2,8-10H2,1H3/b5-3-. The van der Waals surface area contributed by atoms with Crippen LogP contribution in [-0.2, 0) is 0 Å². The van der Waals surface area contributed by atoms with E-state index in [1.165, 1.54) is 0 Å². The molecule has 1 atom stereocenters. The Hall–Kier alpha value is -1.33. The van der Waals surface area contributed by atoms with Gasteiger partial charge in [0.25, 0.3) is 0 Å². The Morgan fingerprint density at radius 2 is 2.37 bits per heavy atom. The van der Waals surface area contributed by atoms with Crippen molar-refractivity contribution in [2.75, 3.05) is 19.0 Å². The van der Waals surface area contributed by atoms with Gasteiger partial charge < -0.3 is 9.84 Å². The van der Waals surface area contributed by atoms with Crippen LogP contribution in [0.5, 0.6) is 5.88 Å². The Morgan fingerprint density at radius 3 is 2.95 bits per heavy atom. The fourth-order valence-electron chi connectivity index (χ4n) is 1.46. The van der Waals surface area contributed by atoms with E-state index in [0.29, 0.717) is 5.88 Å². The van der Waals surface area contributed by atoms with Gasteiger partial charge in [-0.2, -0.15) is 3.89 Å². The fraction of sp³-hybridized carbons (Fsp3) is 0.357. The van der Waals surface area contributed by atoms with Crippen LogP contribution in [0.25, 0.3) is 12.2 Å². The summed E-state index contributed by atoms with van der Waals surface area (Å²) < 4.78 is 17.6. The predicted octanol–water partition coefficient (Wildman–Crippen LogP) is 3.36. The monoisotopic (exact) mass is 283 g/mol. The summed E-state index contributed by atoms with van der Waals surface area (Å²) in [5, 5.41) is 9.05. The average molecular weight is 283 g/mol. The molecule has 0 bridgehead atoms. The molecule has 1 aromatic rings. The van der Waals surface area contributed by atoms with Crippen LogP contribution in [0, 0.1) is 5.92 Å². The van der Waals surface area contributed by atoms with Gasteiger partial charge in [-0.25, -0.2) is 4.98 Å². The van der Waals surface area contributed by atoms with Crippen molar-refractivity contribution in [1.82, 2.24) is 4.98 Å². The number of nitrogens with zero attached hydrogens (tertiary/aromatic N) is 1. The molecule has 0 radical (unpaired) electrons. The highest BCUT2D eigenvalue weighted by atomic mass is 32.2. The number of allylic oxidation sites excluding steroid dienone is 1. The molecule has 0 saturated heterocycles. The van der Waals surface area contributed by atoms with Crippen LogP contribution >= 0.6 is 12.1 Å². The molecule has 5 heteroatoms. The molecule has 1 N–H and O–H groups in total. The van der Waals surface area contributed by atoms with Gasteiger partial charge in [0.2, 0.25) is 5.88 Å². The van der Waals surface area contributed by atoms with Crippen molar-refractivity contribution >= 4 is 24.3 Å². The Labute approximate surface area is 117 Å². The molecular weight excluding hydrogens is 265 g/mol. The summed E-state index contributed by atoms with van der Waals surface area (Å²) >= 11 is 0.202. The maximum Gasteiger partial charge on any atom is 0.213 e. The molecule has 19 heavy (non-hydrogen) atoms. The van der Waals surface area contributed by atoms with Crippen LogP contribution in [0.1, 0.15) is 18.2 Å².